The van der Waals surface area contributed by atoms with Gasteiger partial charge >= 0.3 is 0 Å². The first-order valence-corrected chi connectivity index (χ1v) is 5.86. The summed E-state index contributed by atoms with van der Waals surface area (Å²) < 4.78 is 18.6. The lowest BCUT2D eigenvalue weighted by Gasteiger charge is -2.25. The first-order chi connectivity index (χ1) is 7.72. The summed E-state index contributed by atoms with van der Waals surface area (Å²) in [5, 5.41) is 3.56. The Hall–Kier alpha value is -0.800. The van der Waals surface area contributed by atoms with Gasteiger partial charge in [-0.05, 0) is 31.0 Å². The van der Waals surface area contributed by atoms with E-state index in [0.29, 0.717) is 5.75 Å². The molecule has 0 radical (unpaired) electrons. The van der Waals surface area contributed by atoms with Crippen molar-refractivity contribution in [1.82, 2.24) is 5.32 Å². The molecule has 1 unspecified atom stereocenters. The van der Waals surface area contributed by atoms with Crippen LogP contribution in [-0.2, 0) is 0 Å². The number of rotatable bonds is 2. The highest BCUT2D eigenvalue weighted by atomic mass is 35.5. The molecule has 4 heteroatoms. The zero-order valence-electron chi connectivity index (χ0n) is 9.22. The van der Waals surface area contributed by atoms with Gasteiger partial charge in [-0.2, -0.15) is 0 Å². The molecule has 0 amide bonds. The average molecular weight is 244 g/mol. The number of nitrogens with one attached hydrogen (secondary N) is 1. The molecule has 1 aromatic rings. The molecule has 1 heterocycles. The number of methoxy groups -OCH3 is 1. The van der Waals surface area contributed by atoms with Crippen molar-refractivity contribution in [2.45, 2.75) is 25.3 Å². The van der Waals surface area contributed by atoms with Crippen molar-refractivity contribution < 1.29 is 9.13 Å². The van der Waals surface area contributed by atoms with Crippen LogP contribution in [0.25, 0.3) is 0 Å². The maximum atomic E-state index is 13.5. The van der Waals surface area contributed by atoms with Gasteiger partial charge in [-0.1, -0.05) is 18.0 Å². The van der Waals surface area contributed by atoms with E-state index in [-0.39, 0.29) is 11.1 Å². The van der Waals surface area contributed by atoms with Gasteiger partial charge in [0, 0.05) is 12.1 Å². The van der Waals surface area contributed by atoms with Crippen LogP contribution in [0.4, 0.5) is 4.39 Å². The summed E-state index contributed by atoms with van der Waals surface area (Å²) in [6.45, 7) is 0.958. The summed E-state index contributed by atoms with van der Waals surface area (Å²) in [6, 6.07) is 3.27. The summed E-state index contributed by atoms with van der Waals surface area (Å²) in [5.41, 5.74) is 0.804. The molecule has 88 valence electrons. The minimum absolute atomic E-state index is 0.144. The maximum absolute atomic E-state index is 13.5. The number of hydrogen-bond donors (Lipinski definition) is 1. The lowest BCUT2D eigenvalue weighted by atomic mass is 9.97. The molecular weight excluding hydrogens is 229 g/mol. The molecule has 1 aromatic carbocycles. The second-order valence-electron chi connectivity index (χ2n) is 4.01. The van der Waals surface area contributed by atoms with Crippen LogP contribution < -0.4 is 10.1 Å². The number of piperidine rings is 1. The van der Waals surface area contributed by atoms with Crippen molar-refractivity contribution in [2.75, 3.05) is 13.7 Å². The summed E-state index contributed by atoms with van der Waals surface area (Å²) in [4.78, 5) is 0. The first kappa shape index (κ1) is 11.7. The van der Waals surface area contributed by atoms with Crippen LogP contribution >= 0.6 is 11.6 Å². The monoisotopic (exact) mass is 243 g/mol. The molecule has 0 aliphatic carbocycles. The molecular formula is C12H15ClFNO. The Labute approximate surface area is 99.7 Å². The van der Waals surface area contributed by atoms with E-state index >= 15 is 0 Å². The second kappa shape index (κ2) is 5.02. The van der Waals surface area contributed by atoms with Crippen LogP contribution in [0.3, 0.4) is 0 Å². The molecule has 1 atom stereocenters. The third kappa shape index (κ3) is 2.30. The summed E-state index contributed by atoms with van der Waals surface area (Å²) in [6.07, 6.45) is 3.31. The number of hydrogen-bond acceptors (Lipinski definition) is 2. The van der Waals surface area contributed by atoms with Crippen LogP contribution in [0, 0.1) is 5.82 Å². The van der Waals surface area contributed by atoms with Gasteiger partial charge in [-0.15, -0.1) is 0 Å². The molecule has 0 saturated carbocycles. The molecule has 1 fully saturated rings. The van der Waals surface area contributed by atoms with Gasteiger partial charge in [0.1, 0.15) is 11.6 Å². The average Bonchev–Trinajstić information content (AvgIpc) is 2.33. The van der Waals surface area contributed by atoms with Crippen LogP contribution in [0.2, 0.25) is 5.02 Å². The Balaban J connectivity index is 2.33. The first-order valence-electron chi connectivity index (χ1n) is 5.48. The van der Waals surface area contributed by atoms with Crippen molar-refractivity contribution >= 4 is 11.6 Å². The Morgan fingerprint density at radius 3 is 2.88 bits per heavy atom. The van der Waals surface area contributed by atoms with Crippen LogP contribution in [0.15, 0.2) is 12.1 Å². The van der Waals surface area contributed by atoms with E-state index in [9.17, 15) is 4.39 Å². The molecule has 16 heavy (non-hydrogen) atoms. The van der Waals surface area contributed by atoms with E-state index in [0.717, 1.165) is 24.9 Å². The number of benzene rings is 1. The quantitative estimate of drug-likeness (QED) is 0.861. The number of halogens is 2. The maximum Gasteiger partial charge on any atom is 0.145 e. The Kier molecular flexibility index (Phi) is 3.66. The molecule has 2 nitrogen and oxygen atoms in total. The Morgan fingerprint density at radius 2 is 2.25 bits per heavy atom. The van der Waals surface area contributed by atoms with Crippen LogP contribution in [0.5, 0.6) is 5.75 Å². The molecule has 1 aliphatic heterocycles. The fourth-order valence-corrected chi connectivity index (χ4v) is 2.31. The Bertz CT molecular complexity index is 378. The third-order valence-corrected chi connectivity index (χ3v) is 3.35. The molecule has 1 N–H and O–H groups in total. The van der Waals surface area contributed by atoms with Gasteiger partial charge in [0.2, 0.25) is 0 Å². The normalized spacial score (nSPS) is 20.8. The molecule has 1 aliphatic rings. The fourth-order valence-electron chi connectivity index (χ4n) is 2.07. The fraction of sp³-hybridized carbons (Fsp3) is 0.500. The SMILES string of the molecule is COc1cc(F)c(Cl)c(C2CCCCN2)c1. The van der Waals surface area contributed by atoms with Crippen LogP contribution in [-0.4, -0.2) is 13.7 Å². The molecule has 0 aromatic heterocycles. The van der Waals surface area contributed by atoms with Crippen molar-refractivity contribution in [3.8, 4) is 5.75 Å². The predicted octanol–water partition coefficient (Wildman–Crippen LogP) is 3.30. The van der Waals surface area contributed by atoms with Gasteiger partial charge < -0.3 is 10.1 Å². The zero-order valence-corrected chi connectivity index (χ0v) is 9.98. The van der Waals surface area contributed by atoms with Gasteiger partial charge in [0.05, 0.1) is 12.1 Å². The molecule has 2 rings (SSSR count). The van der Waals surface area contributed by atoms with Gasteiger partial charge in [0.15, 0.2) is 0 Å². The van der Waals surface area contributed by atoms with Gasteiger partial charge in [-0.3, -0.25) is 0 Å². The van der Waals surface area contributed by atoms with Crippen molar-refractivity contribution in [2.24, 2.45) is 0 Å². The van der Waals surface area contributed by atoms with Crippen molar-refractivity contribution in [1.29, 1.82) is 0 Å². The van der Waals surface area contributed by atoms with E-state index in [1.54, 1.807) is 0 Å². The smallest absolute Gasteiger partial charge is 0.145 e. The van der Waals surface area contributed by atoms with Gasteiger partial charge in [-0.25, -0.2) is 4.39 Å². The van der Waals surface area contributed by atoms with E-state index in [4.69, 9.17) is 16.3 Å². The Morgan fingerprint density at radius 1 is 1.44 bits per heavy atom. The highest BCUT2D eigenvalue weighted by molar-refractivity contribution is 6.31. The van der Waals surface area contributed by atoms with Crippen molar-refractivity contribution in [3.05, 3.63) is 28.5 Å². The third-order valence-electron chi connectivity index (χ3n) is 2.95. The lowest BCUT2D eigenvalue weighted by molar-refractivity contribution is 0.396. The topological polar surface area (TPSA) is 21.3 Å². The summed E-state index contributed by atoms with van der Waals surface area (Å²) in [5.74, 6) is 0.104. The van der Waals surface area contributed by atoms with E-state index in [1.165, 1.54) is 19.6 Å². The van der Waals surface area contributed by atoms with E-state index < -0.39 is 5.82 Å². The molecule has 0 spiro atoms. The standard InChI is InChI=1S/C12H15ClFNO/c1-16-8-6-9(12(13)10(14)7-8)11-4-2-3-5-15-11/h6-7,11,15H,2-5H2,1H3. The highest BCUT2D eigenvalue weighted by Gasteiger charge is 2.20. The van der Waals surface area contributed by atoms with Crippen molar-refractivity contribution in [3.63, 3.8) is 0 Å². The van der Waals surface area contributed by atoms with E-state index in [1.807, 2.05) is 6.07 Å². The predicted molar refractivity (Wildman–Crippen MR) is 62.6 cm³/mol. The minimum Gasteiger partial charge on any atom is -0.497 e. The molecule has 0 bridgehead atoms. The zero-order chi connectivity index (χ0) is 11.5. The minimum atomic E-state index is -0.414. The second-order valence-corrected chi connectivity index (χ2v) is 4.39. The summed E-state index contributed by atoms with van der Waals surface area (Å²) in [7, 11) is 1.53. The number of ether oxygens (including phenoxy) is 1. The van der Waals surface area contributed by atoms with Crippen LogP contribution in [0.1, 0.15) is 30.9 Å². The highest BCUT2D eigenvalue weighted by Crippen LogP contribution is 2.33. The van der Waals surface area contributed by atoms with E-state index in [2.05, 4.69) is 5.32 Å². The largest absolute Gasteiger partial charge is 0.497 e. The summed E-state index contributed by atoms with van der Waals surface area (Å²) >= 11 is 5.98. The lowest BCUT2D eigenvalue weighted by Crippen LogP contribution is -2.27. The van der Waals surface area contributed by atoms with Gasteiger partial charge in [0.25, 0.3) is 0 Å². The molecule has 1 saturated heterocycles.